The summed E-state index contributed by atoms with van der Waals surface area (Å²) in [5.74, 6) is -1.50. The Labute approximate surface area is 62.1 Å². The van der Waals surface area contributed by atoms with Crippen molar-refractivity contribution in [2.24, 2.45) is 5.16 Å². The van der Waals surface area contributed by atoms with Crippen molar-refractivity contribution < 1.29 is 44.7 Å². The Morgan fingerprint density at radius 1 is 1.86 bits per heavy atom. The Morgan fingerprint density at radius 2 is 2.29 bits per heavy atom. The predicted molar refractivity (Wildman–Crippen MR) is 15.3 cm³/mol. The monoisotopic (exact) mass is 111 g/mol. The van der Waals surface area contributed by atoms with Crippen molar-refractivity contribution in [3.05, 3.63) is 0 Å². The largest absolute Gasteiger partial charge is 1.00 e. The van der Waals surface area contributed by atoms with Gasteiger partial charge in [0.25, 0.3) is 0 Å². The second-order valence-corrected chi connectivity index (χ2v) is 0.564. The number of carbonyl (C=O) groups is 1. The van der Waals surface area contributed by atoms with Crippen LogP contribution in [-0.4, -0.2) is 17.4 Å². The second-order valence-electron chi connectivity index (χ2n) is 0.564. The molecule has 0 unspecified atom stereocenters. The number of carboxylic acid groups (broad SMARTS) is 1. The van der Waals surface area contributed by atoms with Gasteiger partial charge in [-0.05, 0) is 0 Å². The number of nitrogens with zero attached hydrogens (tertiary/aromatic N) is 1. The molecule has 0 aliphatic rings. The van der Waals surface area contributed by atoms with Gasteiger partial charge in [-0.25, -0.2) is 0 Å². The van der Waals surface area contributed by atoms with Crippen LogP contribution in [0.5, 0.6) is 0 Å². The van der Waals surface area contributed by atoms with Gasteiger partial charge in [0.1, 0.15) is 0 Å². The quantitative estimate of drug-likeness (QED) is 0.160. The molecule has 0 atom stereocenters. The summed E-state index contributed by atoms with van der Waals surface area (Å²) in [7, 11) is 0. The average molecular weight is 111 g/mol. The number of hydrogen-bond donors (Lipinski definition) is 1. The first-order valence-electron chi connectivity index (χ1n) is 1.16. The van der Waals surface area contributed by atoms with E-state index in [4.69, 9.17) is 5.21 Å². The molecule has 0 aromatic rings. The number of oxime groups is 1. The standard InChI is InChI=1S/C2H3NO3.Na/c4-2(5)1-3-6;/h1,6H,(H,4,5);/q;+1/p-1. The summed E-state index contributed by atoms with van der Waals surface area (Å²) in [6.45, 7) is 0. The van der Waals surface area contributed by atoms with Crippen LogP contribution in [0.15, 0.2) is 5.16 Å². The smallest absolute Gasteiger partial charge is 0.544 e. The fraction of sp³-hybridized carbons (Fsp3) is 0. The van der Waals surface area contributed by atoms with Crippen molar-refractivity contribution in [2.75, 3.05) is 0 Å². The fourth-order valence-corrected chi connectivity index (χ4v) is 0.0471. The third kappa shape index (κ3) is 10.7. The molecule has 1 N–H and O–H groups in total. The molecule has 0 amide bonds. The van der Waals surface area contributed by atoms with E-state index in [9.17, 15) is 9.90 Å². The third-order valence-corrected chi connectivity index (χ3v) is 0.163. The zero-order valence-corrected chi connectivity index (χ0v) is 5.79. The fourth-order valence-electron chi connectivity index (χ4n) is 0.0471. The van der Waals surface area contributed by atoms with Crippen LogP contribution in [0, 0.1) is 0 Å². The van der Waals surface area contributed by atoms with E-state index < -0.39 is 5.97 Å². The van der Waals surface area contributed by atoms with Crippen molar-refractivity contribution in [3.63, 3.8) is 0 Å². The van der Waals surface area contributed by atoms with Gasteiger partial charge < -0.3 is 15.1 Å². The summed E-state index contributed by atoms with van der Waals surface area (Å²) in [6, 6.07) is 0. The minimum Gasteiger partial charge on any atom is -0.544 e. The van der Waals surface area contributed by atoms with Crippen LogP contribution in [-0.2, 0) is 4.79 Å². The van der Waals surface area contributed by atoms with Gasteiger partial charge in [0, 0.05) is 0 Å². The van der Waals surface area contributed by atoms with Gasteiger partial charge in [0.15, 0.2) is 0 Å². The molecule has 0 fully saturated rings. The van der Waals surface area contributed by atoms with Crippen molar-refractivity contribution in [1.82, 2.24) is 0 Å². The third-order valence-electron chi connectivity index (χ3n) is 0.163. The zero-order valence-electron chi connectivity index (χ0n) is 3.79. The van der Waals surface area contributed by atoms with E-state index in [-0.39, 0.29) is 35.8 Å². The molecule has 0 aromatic heterocycles. The van der Waals surface area contributed by atoms with Gasteiger partial charge in [-0.1, -0.05) is 5.16 Å². The van der Waals surface area contributed by atoms with E-state index in [1.54, 1.807) is 0 Å². The van der Waals surface area contributed by atoms with Crippen LogP contribution >= 0.6 is 0 Å². The van der Waals surface area contributed by atoms with E-state index in [1.807, 2.05) is 0 Å². The van der Waals surface area contributed by atoms with E-state index in [0.29, 0.717) is 0 Å². The second kappa shape index (κ2) is 5.94. The molecule has 7 heavy (non-hydrogen) atoms. The van der Waals surface area contributed by atoms with Crippen molar-refractivity contribution >= 4 is 12.2 Å². The molecule has 0 saturated carbocycles. The topological polar surface area (TPSA) is 72.7 Å². The molecule has 0 radical (unpaired) electrons. The van der Waals surface area contributed by atoms with E-state index >= 15 is 0 Å². The molecule has 0 bridgehead atoms. The predicted octanol–water partition coefficient (Wildman–Crippen LogP) is -4.80. The molecule has 0 aromatic carbocycles. The van der Waals surface area contributed by atoms with Crippen LogP contribution in [0.3, 0.4) is 0 Å². The maximum Gasteiger partial charge on any atom is 1.00 e. The maximum absolute atomic E-state index is 9.18. The van der Waals surface area contributed by atoms with Crippen LogP contribution in [0.1, 0.15) is 0 Å². The molecule has 34 valence electrons. The number of carbonyl (C=O) groups excluding carboxylic acids is 1. The van der Waals surface area contributed by atoms with Crippen LogP contribution in [0.4, 0.5) is 0 Å². The van der Waals surface area contributed by atoms with Gasteiger partial charge in [-0.3, -0.25) is 0 Å². The van der Waals surface area contributed by atoms with Crippen LogP contribution in [0.2, 0.25) is 0 Å². The van der Waals surface area contributed by atoms with Gasteiger partial charge >= 0.3 is 29.6 Å². The van der Waals surface area contributed by atoms with Gasteiger partial charge in [0.05, 0.1) is 12.2 Å². The molecule has 4 nitrogen and oxygen atoms in total. The Kier molecular flexibility index (Phi) is 8.51. The Balaban J connectivity index is 0. The Morgan fingerprint density at radius 3 is 2.29 bits per heavy atom. The maximum atomic E-state index is 9.18. The molecule has 5 heteroatoms. The van der Waals surface area contributed by atoms with Crippen molar-refractivity contribution in [2.45, 2.75) is 0 Å². The summed E-state index contributed by atoms with van der Waals surface area (Å²) in [6.07, 6.45) is 0.278. The number of aliphatic carboxylic acids is 1. The molecule has 0 aliphatic heterocycles. The number of carboxylic acids is 1. The Bertz CT molecular complexity index is 81.0. The van der Waals surface area contributed by atoms with E-state index in [2.05, 4.69) is 5.16 Å². The summed E-state index contributed by atoms with van der Waals surface area (Å²) in [4.78, 5) is 9.18. The summed E-state index contributed by atoms with van der Waals surface area (Å²) >= 11 is 0. The minimum absolute atomic E-state index is 0. The van der Waals surface area contributed by atoms with Gasteiger partial charge in [-0.2, -0.15) is 0 Å². The molecule has 0 saturated heterocycles. The summed E-state index contributed by atoms with van der Waals surface area (Å²) in [5.41, 5.74) is 0. The molecular formula is C2H2NNaO3. The van der Waals surface area contributed by atoms with Crippen LogP contribution < -0.4 is 34.7 Å². The van der Waals surface area contributed by atoms with Crippen LogP contribution in [0.25, 0.3) is 0 Å². The number of rotatable bonds is 1. The minimum atomic E-state index is -1.50. The molecule has 0 aliphatic carbocycles. The first kappa shape index (κ1) is 10.0. The van der Waals surface area contributed by atoms with Crippen molar-refractivity contribution in [1.29, 1.82) is 0 Å². The summed E-state index contributed by atoms with van der Waals surface area (Å²) < 4.78 is 0. The molecular weight excluding hydrogens is 109 g/mol. The normalized spacial score (nSPS) is 8.00. The zero-order chi connectivity index (χ0) is 4.99. The SMILES string of the molecule is O=C([O-])C=NO.[Na+]. The van der Waals surface area contributed by atoms with Gasteiger partial charge in [-0.15, -0.1) is 0 Å². The van der Waals surface area contributed by atoms with E-state index in [0.717, 1.165) is 0 Å². The van der Waals surface area contributed by atoms with Crippen molar-refractivity contribution in [3.8, 4) is 0 Å². The first-order valence-corrected chi connectivity index (χ1v) is 1.16. The number of hydrogen-bond acceptors (Lipinski definition) is 4. The Hall–Kier alpha value is -0.0600. The van der Waals surface area contributed by atoms with Gasteiger partial charge in [0.2, 0.25) is 0 Å². The first-order chi connectivity index (χ1) is 2.77. The molecule has 0 heterocycles. The molecule has 0 rings (SSSR count). The average Bonchev–Trinajstić information content (AvgIpc) is 1.35. The molecule has 0 spiro atoms. The van der Waals surface area contributed by atoms with E-state index in [1.165, 1.54) is 0 Å². The summed E-state index contributed by atoms with van der Waals surface area (Å²) in [5, 5.41) is 18.7.